The van der Waals surface area contributed by atoms with Crippen LogP contribution >= 0.6 is 0 Å². The van der Waals surface area contributed by atoms with Gasteiger partial charge in [-0.3, -0.25) is 9.79 Å². The number of carbonyl (C=O) groups is 1. The molecule has 0 spiro atoms. The predicted octanol–water partition coefficient (Wildman–Crippen LogP) is 1.77. The number of rotatable bonds is 6. The van der Waals surface area contributed by atoms with Gasteiger partial charge in [0, 0.05) is 26.2 Å². The van der Waals surface area contributed by atoms with E-state index in [0.717, 1.165) is 11.4 Å². The molecule has 0 aliphatic carbocycles. The molecule has 0 aromatic heterocycles. The van der Waals surface area contributed by atoms with Crippen molar-refractivity contribution in [3.05, 3.63) is 48.0 Å². The summed E-state index contributed by atoms with van der Waals surface area (Å²) in [6.07, 6.45) is 5.94. The van der Waals surface area contributed by atoms with Gasteiger partial charge in [-0.1, -0.05) is 12.1 Å². The van der Waals surface area contributed by atoms with E-state index in [4.69, 9.17) is 10.5 Å². The minimum atomic E-state index is -0.235. The van der Waals surface area contributed by atoms with Gasteiger partial charge in [-0.15, -0.1) is 0 Å². The van der Waals surface area contributed by atoms with Crippen LogP contribution < -0.4 is 21.1 Å². The van der Waals surface area contributed by atoms with Crippen molar-refractivity contribution >= 4 is 23.8 Å². The first-order chi connectivity index (χ1) is 12.6. The molecule has 0 bridgehead atoms. The average molecular weight is 357 g/mol. The molecule has 1 aromatic carbocycles. The number of guanidine groups is 1. The molecule has 0 amide bonds. The number of nitrogens with two attached hydrogens (primary N) is 1. The Balaban J connectivity index is 1.81. The van der Waals surface area contributed by atoms with Gasteiger partial charge in [-0.25, -0.2) is 4.99 Å². The van der Waals surface area contributed by atoms with Crippen molar-refractivity contribution in [2.75, 3.05) is 26.0 Å². The standard InChI is InChI=1S/C18H23N5O3/c1-20-18(22-12-6-10-16(24)25-2)21-11-5-7-13(19)17-23-14-8-3-4-9-15(14)26-17/h3-5,7-9,11,23H,6,10,12,19H2,1-2H3,(H,20,22)/b7-5+,17-13+,21-11-. The first kappa shape index (κ1) is 19.0. The molecule has 0 fully saturated rings. The van der Waals surface area contributed by atoms with Gasteiger partial charge in [0.15, 0.2) is 5.75 Å². The molecule has 0 saturated carbocycles. The van der Waals surface area contributed by atoms with Crippen molar-refractivity contribution in [1.82, 2.24) is 5.32 Å². The van der Waals surface area contributed by atoms with Gasteiger partial charge < -0.3 is 25.8 Å². The molecule has 4 N–H and O–H groups in total. The Morgan fingerprint density at radius 2 is 2.23 bits per heavy atom. The molecule has 138 valence electrons. The van der Waals surface area contributed by atoms with Crippen LogP contribution in [0.3, 0.4) is 0 Å². The maximum Gasteiger partial charge on any atom is 0.305 e. The summed E-state index contributed by atoms with van der Waals surface area (Å²) in [5.41, 5.74) is 7.33. The first-order valence-corrected chi connectivity index (χ1v) is 8.16. The molecule has 26 heavy (non-hydrogen) atoms. The lowest BCUT2D eigenvalue weighted by Crippen LogP contribution is -2.23. The summed E-state index contributed by atoms with van der Waals surface area (Å²) in [6.45, 7) is 0.574. The van der Waals surface area contributed by atoms with Crippen molar-refractivity contribution in [2.24, 2.45) is 15.7 Å². The molecule has 1 aliphatic heterocycles. The monoisotopic (exact) mass is 357 g/mol. The second-order valence-electron chi connectivity index (χ2n) is 5.30. The van der Waals surface area contributed by atoms with E-state index in [2.05, 4.69) is 25.4 Å². The SMILES string of the molecule is C\N=C(/N=C\C=C\C(N)=C1\Nc2ccccc2O1)NCCCC(=O)OC. The molecule has 8 nitrogen and oxygen atoms in total. The molecule has 0 radical (unpaired) electrons. The number of esters is 1. The summed E-state index contributed by atoms with van der Waals surface area (Å²) < 4.78 is 10.2. The molecule has 2 rings (SSSR count). The number of anilines is 1. The molecule has 1 aliphatic rings. The number of benzene rings is 1. The maximum atomic E-state index is 11.0. The number of methoxy groups -OCH3 is 1. The van der Waals surface area contributed by atoms with E-state index in [0.29, 0.717) is 36.9 Å². The third-order valence-electron chi connectivity index (χ3n) is 3.45. The summed E-state index contributed by atoms with van der Waals surface area (Å²) in [6, 6.07) is 7.59. The van der Waals surface area contributed by atoms with Crippen molar-refractivity contribution < 1.29 is 14.3 Å². The van der Waals surface area contributed by atoms with Crippen molar-refractivity contribution in [3.8, 4) is 5.75 Å². The Bertz CT molecular complexity index is 726. The minimum absolute atomic E-state index is 0.235. The quantitative estimate of drug-likeness (QED) is 0.310. The van der Waals surface area contributed by atoms with E-state index in [-0.39, 0.29) is 5.97 Å². The highest BCUT2D eigenvalue weighted by Gasteiger charge is 2.17. The number of allylic oxidation sites excluding steroid dienone is 2. The van der Waals surface area contributed by atoms with Crippen molar-refractivity contribution in [1.29, 1.82) is 0 Å². The third-order valence-corrected chi connectivity index (χ3v) is 3.45. The number of aliphatic imine (C=N–C) groups is 2. The number of hydrogen-bond donors (Lipinski definition) is 3. The summed E-state index contributed by atoms with van der Waals surface area (Å²) in [5.74, 6) is 1.46. The Kier molecular flexibility index (Phi) is 7.23. The van der Waals surface area contributed by atoms with Gasteiger partial charge >= 0.3 is 5.97 Å². The van der Waals surface area contributed by atoms with Crippen LogP contribution in [-0.4, -0.2) is 38.8 Å². The Labute approximate surface area is 152 Å². The average Bonchev–Trinajstić information content (AvgIpc) is 3.10. The zero-order chi connectivity index (χ0) is 18.8. The van der Waals surface area contributed by atoms with Gasteiger partial charge in [0.1, 0.15) is 0 Å². The molecular weight excluding hydrogens is 334 g/mol. The van der Waals surface area contributed by atoms with Gasteiger partial charge in [0.05, 0.1) is 18.5 Å². The molecule has 0 atom stereocenters. The normalized spacial score (nSPS) is 15.5. The van der Waals surface area contributed by atoms with Crippen LogP contribution in [0.5, 0.6) is 5.75 Å². The first-order valence-electron chi connectivity index (χ1n) is 8.16. The van der Waals surface area contributed by atoms with Crippen LogP contribution in [0.1, 0.15) is 12.8 Å². The molecule has 1 heterocycles. The fourth-order valence-electron chi connectivity index (χ4n) is 2.10. The van der Waals surface area contributed by atoms with Gasteiger partial charge in [-0.2, -0.15) is 0 Å². The van der Waals surface area contributed by atoms with Gasteiger partial charge in [0.25, 0.3) is 0 Å². The highest BCUT2D eigenvalue weighted by molar-refractivity contribution is 5.90. The van der Waals surface area contributed by atoms with Crippen LogP contribution in [0, 0.1) is 0 Å². The van der Waals surface area contributed by atoms with E-state index >= 15 is 0 Å². The number of para-hydroxylation sites is 2. The van der Waals surface area contributed by atoms with E-state index in [1.165, 1.54) is 7.11 Å². The van der Waals surface area contributed by atoms with Gasteiger partial charge in [0.2, 0.25) is 11.8 Å². The highest BCUT2D eigenvalue weighted by Crippen LogP contribution is 2.33. The molecule has 0 unspecified atom stereocenters. The fraction of sp³-hybridized carbons (Fsp3) is 0.278. The number of fused-ring (bicyclic) bond motifs is 1. The molecular formula is C18H23N5O3. The van der Waals surface area contributed by atoms with Crippen LogP contribution in [-0.2, 0) is 9.53 Å². The molecule has 1 aromatic rings. The van der Waals surface area contributed by atoms with Crippen LogP contribution in [0.25, 0.3) is 0 Å². The van der Waals surface area contributed by atoms with Crippen molar-refractivity contribution in [3.63, 3.8) is 0 Å². The number of hydrogen-bond acceptors (Lipinski definition) is 6. The van der Waals surface area contributed by atoms with Crippen LogP contribution in [0.15, 0.2) is 58.0 Å². The third kappa shape index (κ3) is 5.66. The summed E-state index contributed by atoms with van der Waals surface area (Å²) >= 11 is 0. The van der Waals surface area contributed by atoms with E-state index < -0.39 is 0 Å². The zero-order valence-electron chi connectivity index (χ0n) is 14.9. The van der Waals surface area contributed by atoms with Crippen LogP contribution in [0.4, 0.5) is 5.69 Å². The predicted molar refractivity (Wildman–Crippen MR) is 102 cm³/mol. The second-order valence-corrected chi connectivity index (χ2v) is 5.30. The van der Waals surface area contributed by atoms with Gasteiger partial charge in [-0.05, 0) is 30.7 Å². The lowest BCUT2D eigenvalue weighted by molar-refractivity contribution is -0.140. The lowest BCUT2D eigenvalue weighted by atomic mass is 10.3. The number of nitrogens with one attached hydrogen (secondary N) is 2. The Morgan fingerprint density at radius 1 is 1.42 bits per heavy atom. The van der Waals surface area contributed by atoms with E-state index in [9.17, 15) is 4.79 Å². The summed E-state index contributed by atoms with van der Waals surface area (Å²) in [4.78, 5) is 19.2. The lowest BCUT2D eigenvalue weighted by Gasteiger charge is -2.04. The number of carbonyl (C=O) groups excluding carboxylic acids is 1. The summed E-state index contributed by atoms with van der Waals surface area (Å²) in [5, 5.41) is 6.14. The van der Waals surface area contributed by atoms with E-state index in [1.54, 1.807) is 25.4 Å². The van der Waals surface area contributed by atoms with Crippen LogP contribution in [0.2, 0.25) is 0 Å². The Morgan fingerprint density at radius 3 is 2.96 bits per heavy atom. The maximum absolute atomic E-state index is 11.0. The molecule has 0 saturated heterocycles. The minimum Gasteiger partial charge on any atom is -0.469 e. The highest BCUT2D eigenvalue weighted by atomic mass is 16.5. The second kappa shape index (κ2) is 9.87. The summed E-state index contributed by atoms with van der Waals surface area (Å²) in [7, 11) is 3.00. The topological polar surface area (TPSA) is 110 Å². The largest absolute Gasteiger partial charge is 0.469 e. The van der Waals surface area contributed by atoms with E-state index in [1.807, 2.05) is 24.3 Å². The fourth-order valence-corrected chi connectivity index (χ4v) is 2.10. The Hall–Kier alpha value is -3.29. The number of ether oxygens (including phenoxy) is 2. The smallest absolute Gasteiger partial charge is 0.305 e. The molecule has 8 heteroatoms. The van der Waals surface area contributed by atoms with Crippen molar-refractivity contribution in [2.45, 2.75) is 12.8 Å². The number of nitrogens with zero attached hydrogens (tertiary/aromatic N) is 2. The zero-order valence-corrected chi connectivity index (χ0v) is 14.9.